The summed E-state index contributed by atoms with van der Waals surface area (Å²) < 4.78 is 0. The molecule has 1 heterocycles. The number of benzene rings is 1. The van der Waals surface area contributed by atoms with Crippen LogP contribution in [0.3, 0.4) is 0 Å². The van der Waals surface area contributed by atoms with E-state index in [0.29, 0.717) is 24.5 Å². The van der Waals surface area contributed by atoms with Gasteiger partial charge >= 0.3 is 0 Å². The predicted molar refractivity (Wildman–Crippen MR) is 86.4 cm³/mol. The largest absolute Gasteiger partial charge is 0.299 e. The lowest BCUT2D eigenvalue weighted by Crippen LogP contribution is -2.04. The zero-order valence-corrected chi connectivity index (χ0v) is 12.9. The number of nitrogens with zero attached hydrogens (tertiary/aromatic N) is 1. The van der Waals surface area contributed by atoms with Gasteiger partial charge in [-0.05, 0) is 42.0 Å². The Kier molecular flexibility index (Phi) is 5.68. The molecule has 2 heteroatoms. The second-order valence-corrected chi connectivity index (χ2v) is 5.79. The minimum atomic E-state index is 0.309. The normalized spacial score (nSPS) is 10.8. The van der Waals surface area contributed by atoms with Crippen molar-refractivity contribution in [3.8, 4) is 0 Å². The Bertz CT molecular complexity index is 558. The van der Waals surface area contributed by atoms with E-state index in [-0.39, 0.29) is 0 Å². The first kappa shape index (κ1) is 15.4. The van der Waals surface area contributed by atoms with Crippen LogP contribution in [0.4, 0.5) is 0 Å². The van der Waals surface area contributed by atoms with Crippen LogP contribution in [0.1, 0.15) is 49.4 Å². The van der Waals surface area contributed by atoms with Gasteiger partial charge in [0.2, 0.25) is 0 Å². The van der Waals surface area contributed by atoms with Crippen molar-refractivity contribution in [3.63, 3.8) is 0 Å². The maximum atomic E-state index is 12.0. The van der Waals surface area contributed by atoms with Crippen LogP contribution in [-0.4, -0.2) is 10.8 Å². The topological polar surface area (TPSA) is 30.0 Å². The van der Waals surface area contributed by atoms with E-state index in [9.17, 15) is 4.79 Å². The van der Waals surface area contributed by atoms with E-state index < -0.39 is 0 Å². The Labute approximate surface area is 127 Å². The van der Waals surface area contributed by atoms with Crippen LogP contribution in [-0.2, 0) is 17.6 Å². The second kappa shape index (κ2) is 7.72. The summed E-state index contributed by atoms with van der Waals surface area (Å²) in [6, 6.07) is 14.3. The van der Waals surface area contributed by atoms with Crippen LogP contribution in [0.25, 0.3) is 0 Å². The van der Waals surface area contributed by atoms with Crippen LogP contribution in [0.5, 0.6) is 0 Å². The first-order valence-electron chi connectivity index (χ1n) is 7.65. The van der Waals surface area contributed by atoms with E-state index in [0.717, 1.165) is 24.1 Å². The summed E-state index contributed by atoms with van der Waals surface area (Å²) in [5.74, 6) is 0.844. The molecular formula is C19H23NO. The predicted octanol–water partition coefficient (Wildman–Crippen LogP) is 4.34. The highest BCUT2D eigenvalue weighted by Gasteiger charge is 2.05. The summed E-state index contributed by atoms with van der Waals surface area (Å²) in [6.07, 6.45) is 4.72. The van der Waals surface area contributed by atoms with Gasteiger partial charge in [0.1, 0.15) is 5.78 Å². The van der Waals surface area contributed by atoms with Gasteiger partial charge in [-0.2, -0.15) is 0 Å². The van der Waals surface area contributed by atoms with E-state index in [4.69, 9.17) is 0 Å². The van der Waals surface area contributed by atoms with Gasteiger partial charge in [-0.15, -0.1) is 0 Å². The fourth-order valence-corrected chi connectivity index (χ4v) is 2.35. The Morgan fingerprint density at radius 1 is 1.10 bits per heavy atom. The molecule has 0 aliphatic heterocycles. The molecule has 0 atom stereocenters. The van der Waals surface area contributed by atoms with Crippen molar-refractivity contribution < 1.29 is 4.79 Å². The molecule has 1 aromatic carbocycles. The van der Waals surface area contributed by atoms with Gasteiger partial charge in [0.25, 0.3) is 0 Å². The smallest absolute Gasteiger partial charge is 0.137 e. The number of pyridine rings is 1. The Morgan fingerprint density at radius 2 is 1.86 bits per heavy atom. The van der Waals surface area contributed by atoms with E-state index >= 15 is 0 Å². The number of Topliss-reactive ketones (excluding diaryl/α,β-unsaturated/α-hetero) is 1. The van der Waals surface area contributed by atoms with Crippen molar-refractivity contribution in [3.05, 3.63) is 65.5 Å². The molecule has 0 radical (unpaired) electrons. The molecule has 0 fully saturated rings. The molecule has 0 saturated heterocycles. The summed E-state index contributed by atoms with van der Waals surface area (Å²) >= 11 is 0. The molecule has 0 saturated carbocycles. The fraction of sp³-hybridized carbons (Fsp3) is 0.368. The van der Waals surface area contributed by atoms with Crippen LogP contribution >= 0.6 is 0 Å². The molecule has 0 spiro atoms. The van der Waals surface area contributed by atoms with Crippen molar-refractivity contribution in [2.45, 2.75) is 45.4 Å². The highest BCUT2D eigenvalue weighted by molar-refractivity contribution is 5.80. The lowest BCUT2D eigenvalue weighted by atomic mass is 9.99. The minimum absolute atomic E-state index is 0.309. The summed E-state index contributed by atoms with van der Waals surface area (Å²) in [5.41, 5.74) is 3.50. The standard InChI is InChI=1S/C19H23NO/c1-15(2)17-11-9-16(10-12-17)14-19(21)8-5-7-18-6-3-4-13-20-18/h3-4,6,9-13,15H,5,7-8,14H2,1-2H3. The number of aromatic nitrogens is 1. The Balaban J connectivity index is 1.76. The third-order valence-electron chi connectivity index (χ3n) is 3.66. The zero-order chi connectivity index (χ0) is 15.1. The first-order valence-corrected chi connectivity index (χ1v) is 7.65. The molecule has 0 aliphatic rings. The van der Waals surface area contributed by atoms with Gasteiger partial charge in [0.05, 0.1) is 0 Å². The third-order valence-corrected chi connectivity index (χ3v) is 3.66. The molecule has 1 aromatic heterocycles. The molecule has 0 bridgehead atoms. The number of hydrogen-bond donors (Lipinski definition) is 0. The van der Waals surface area contributed by atoms with Crippen molar-refractivity contribution >= 4 is 5.78 Å². The molecule has 0 N–H and O–H groups in total. The van der Waals surface area contributed by atoms with Crippen LogP contribution < -0.4 is 0 Å². The summed E-state index contributed by atoms with van der Waals surface area (Å²) in [5, 5.41) is 0. The minimum Gasteiger partial charge on any atom is -0.299 e. The van der Waals surface area contributed by atoms with Crippen LogP contribution in [0, 0.1) is 0 Å². The van der Waals surface area contributed by atoms with Crippen molar-refractivity contribution in [1.29, 1.82) is 0 Å². The van der Waals surface area contributed by atoms with Gasteiger partial charge in [-0.25, -0.2) is 0 Å². The van der Waals surface area contributed by atoms with E-state index in [2.05, 4.69) is 43.1 Å². The molecule has 2 aromatic rings. The number of hydrogen-bond acceptors (Lipinski definition) is 2. The average molecular weight is 281 g/mol. The van der Waals surface area contributed by atoms with Gasteiger partial charge < -0.3 is 0 Å². The number of carbonyl (C=O) groups excluding carboxylic acids is 1. The third kappa shape index (κ3) is 5.14. The SMILES string of the molecule is CC(C)c1ccc(CC(=O)CCCc2ccccn2)cc1. The molecule has 0 aliphatic carbocycles. The van der Waals surface area contributed by atoms with Gasteiger partial charge in [-0.3, -0.25) is 9.78 Å². The Morgan fingerprint density at radius 3 is 2.48 bits per heavy atom. The van der Waals surface area contributed by atoms with Crippen LogP contribution in [0.2, 0.25) is 0 Å². The molecule has 0 unspecified atom stereocenters. The second-order valence-electron chi connectivity index (χ2n) is 5.79. The maximum absolute atomic E-state index is 12.0. The quantitative estimate of drug-likeness (QED) is 0.755. The molecule has 21 heavy (non-hydrogen) atoms. The molecule has 0 amide bonds. The van der Waals surface area contributed by atoms with Gasteiger partial charge in [0, 0.05) is 24.7 Å². The summed E-state index contributed by atoms with van der Waals surface area (Å²) in [6.45, 7) is 4.36. The molecule has 2 rings (SSSR count). The fourth-order valence-electron chi connectivity index (χ4n) is 2.35. The molecule has 2 nitrogen and oxygen atoms in total. The Hall–Kier alpha value is -1.96. The van der Waals surface area contributed by atoms with Crippen LogP contribution in [0.15, 0.2) is 48.7 Å². The lowest BCUT2D eigenvalue weighted by Gasteiger charge is -2.06. The highest BCUT2D eigenvalue weighted by atomic mass is 16.1. The summed E-state index contributed by atoms with van der Waals surface area (Å²) in [7, 11) is 0. The first-order chi connectivity index (χ1) is 10.1. The summed E-state index contributed by atoms with van der Waals surface area (Å²) in [4.78, 5) is 16.3. The highest BCUT2D eigenvalue weighted by Crippen LogP contribution is 2.15. The molecule has 110 valence electrons. The zero-order valence-electron chi connectivity index (χ0n) is 12.9. The van der Waals surface area contributed by atoms with Crippen molar-refractivity contribution in [2.75, 3.05) is 0 Å². The number of aryl methyl sites for hydroxylation is 1. The average Bonchev–Trinajstić information content (AvgIpc) is 2.49. The number of carbonyl (C=O) groups is 1. The van der Waals surface area contributed by atoms with Gasteiger partial charge in [-0.1, -0.05) is 44.2 Å². The van der Waals surface area contributed by atoms with Crippen molar-refractivity contribution in [1.82, 2.24) is 4.98 Å². The maximum Gasteiger partial charge on any atom is 0.137 e. The van der Waals surface area contributed by atoms with E-state index in [1.165, 1.54) is 5.56 Å². The number of ketones is 1. The lowest BCUT2D eigenvalue weighted by molar-refractivity contribution is -0.118. The number of rotatable bonds is 7. The monoisotopic (exact) mass is 281 g/mol. The molecular weight excluding hydrogens is 258 g/mol. The van der Waals surface area contributed by atoms with Crippen molar-refractivity contribution in [2.24, 2.45) is 0 Å². The van der Waals surface area contributed by atoms with E-state index in [1.54, 1.807) is 6.20 Å². The van der Waals surface area contributed by atoms with E-state index in [1.807, 2.05) is 18.2 Å². The van der Waals surface area contributed by atoms with Gasteiger partial charge in [0.15, 0.2) is 0 Å².